The lowest BCUT2D eigenvalue weighted by molar-refractivity contribution is -0.138. The molecule has 0 fully saturated rings. The standard InChI is InChI=1S/C48H38O12/c49-43(33-19-7-1-8-20-33)55-31-39(57-45(51)35-23-11-3-12-24-35)41(59-47(53)37-27-15-5-16-28-37)42(60-48(54)38-29-17-6-18-30-38)40(58-46(52)36-25-13-4-14-26-36)32-56-44(50)34-21-9-2-10-22-34/h1-30,39-42H,31-32H2/t39-,40+,41+,42-. The second-order valence-corrected chi connectivity index (χ2v) is 13.0. The minimum absolute atomic E-state index is 0.0402. The zero-order valence-electron chi connectivity index (χ0n) is 31.9. The van der Waals surface area contributed by atoms with Crippen LogP contribution in [-0.4, -0.2) is 73.4 Å². The van der Waals surface area contributed by atoms with E-state index >= 15 is 0 Å². The van der Waals surface area contributed by atoms with Crippen molar-refractivity contribution in [1.82, 2.24) is 0 Å². The summed E-state index contributed by atoms with van der Waals surface area (Å²) in [4.78, 5) is 82.5. The maximum atomic E-state index is 14.0. The van der Waals surface area contributed by atoms with E-state index in [0.717, 1.165) is 0 Å². The highest BCUT2D eigenvalue weighted by Gasteiger charge is 2.46. The molecule has 6 aromatic rings. The van der Waals surface area contributed by atoms with Crippen molar-refractivity contribution >= 4 is 35.8 Å². The van der Waals surface area contributed by atoms with Gasteiger partial charge in [-0.15, -0.1) is 0 Å². The van der Waals surface area contributed by atoms with Gasteiger partial charge in [0.05, 0.1) is 33.4 Å². The van der Waals surface area contributed by atoms with Gasteiger partial charge in [0.25, 0.3) is 0 Å². The van der Waals surface area contributed by atoms with Crippen LogP contribution in [0.1, 0.15) is 62.1 Å². The maximum absolute atomic E-state index is 14.0. The van der Waals surface area contributed by atoms with E-state index < -0.39 is 73.4 Å². The largest absolute Gasteiger partial charge is 0.458 e. The summed E-state index contributed by atoms with van der Waals surface area (Å²) in [6.45, 7) is -1.52. The van der Waals surface area contributed by atoms with Crippen LogP contribution < -0.4 is 0 Å². The van der Waals surface area contributed by atoms with Crippen LogP contribution in [0, 0.1) is 0 Å². The molecule has 12 heteroatoms. The molecule has 302 valence electrons. The summed E-state index contributed by atoms with van der Waals surface area (Å²) in [5.41, 5.74) is 0.534. The van der Waals surface area contributed by atoms with Crippen LogP contribution in [0.2, 0.25) is 0 Å². The third kappa shape index (κ3) is 11.6. The number of hydrogen-bond acceptors (Lipinski definition) is 12. The van der Waals surface area contributed by atoms with Gasteiger partial charge in [-0.3, -0.25) is 0 Å². The summed E-state index contributed by atoms with van der Waals surface area (Å²) in [5, 5.41) is 0. The van der Waals surface area contributed by atoms with E-state index in [0.29, 0.717) is 0 Å². The lowest BCUT2D eigenvalue weighted by atomic mass is 10.0. The molecule has 6 aromatic carbocycles. The predicted molar refractivity (Wildman–Crippen MR) is 216 cm³/mol. The molecular formula is C48H38O12. The first-order valence-corrected chi connectivity index (χ1v) is 18.8. The van der Waals surface area contributed by atoms with Crippen molar-refractivity contribution in [3.63, 3.8) is 0 Å². The molecule has 0 bridgehead atoms. The van der Waals surface area contributed by atoms with Gasteiger partial charge in [0, 0.05) is 0 Å². The Morgan fingerprint density at radius 1 is 0.283 bits per heavy atom. The average molecular weight is 807 g/mol. The van der Waals surface area contributed by atoms with Crippen LogP contribution in [-0.2, 0) is 28.4 Å². The van der Waals surface area contributed by atoms with Gasteiger partial charge >= 0.3 is 35.8 Å². The first-order valence-electron chi connectivity index (χ1n) is 18.8. The Kier molecular flexibility index (Phi) is 14.7. The zero-order chi connectivity index (χ0) is 42.1. The van der Waals surface area contributed by atoms with Gasteiger partial charge in [-0.25, -0.2) is 28.8 Å². The van der Waals surface area contributed by atoms with Crippen LogP contribution in [0.15, 0.2) is 182 Å². The highest BCUT2D eigenvalue weighted by atomic mass is 16.6. The number of hydrogen-bond donors (Lipinski definition) is 0. The monoisotopic (exact) mass is 806 g/mol. The molecule has 60 heavy (non-hydrogen) atoms. The fourth-order valence-electron chi connectivity index (χ4n) is 5.82. The molecule has 0 aliphatic carbocycles. The van der Waals surface area contributed by atoms with Crippen LogP contribution in [0.25, 0.3) is 0 Å². The summed E-state index contributed by atoms with van der Waals surface area (Å²) in [6, 6.07) is 47.1. The van der Waals surface area contributed by atoms with Gasteiger partial charge in [0.1, 0.15) is 13.2 Å². The van der Waals surface area contributed by atoms with Crippen molar-refractivity contribution in [2.45, 2.75) is 24.4 Å². The number of esters is 6. The van der Waals surface area contributed by atoms with E-state index in [4.69, 9.17) is 28.4 Å². The van der Waals surface area contributed by atoms with Crippen LogP contribution in [0.4, 0.5) is 0 Å². The molecule has 0 saturated carbocycles. The minimum atomic E-state index is -1.91. The second kappa shape index (κ2) is 21.1. The van der Waals surface area contributed by atoms with Crippen molar-refractivity contribution in [1.29, 1.82) is 0 Å². The smallest absolute Gasteiger partial charge is 0.338 e. The molecule has 12 nitrogen and oxygen atoms in total. The minimum Gasteiger partial charge on any atom is -0.458 e. The second-order valence-electron chi connectivity index (χ2n) is 13.0. The van der Waals surface area contributed by atoms with Gasteiger partial charge in [0.15, 0.2) is 24.4 Å². The van der Waals surface area contributed by atoms with Crippen molar-refractivity contribution < 1.29 is 57.2 Å². The lowest BCUT2D eigenvalue weighted by Gasteiger charge is -2.35. The lowest BCUT2D eigenvalue weighted by Crippen LogP contribution is -2.54. The average Bonchev–Trinajstić information content (AvgIpc) is 3.31. The summed E-state index contributed by atoms with van der Waals surface area (Å²) in [6.07, 6.45) is -7.33. The molecule has 0 spiro atoms. The molecule has 0 aliphatic heterocycles. The topological polar surface area (TPSA) is 158 Å². The highest BCUT2D eigenvalue weighted by molar-refractivity contribution is 5.93. The fraction of sp³-hybridized carbons (Fsp3) is 0.125. The number of carbonyl (C=O) groups excluding carboxylic acids is 6. The van der Waals surface area contributed by atoms with Crippen molar-refractivity contribution in [2.24, 2.45) is 0 Å². The summed E-state index contributed by atoms with van der Waals surface area (Å²) >= 11 is 0. The first kappa shape index (κ1) is 41.8. The van der Waals surface area contributed by atoms with Crippen molar-refractivity contribution in [3.8, 4) is 0 Å². The quantitative estimate of drug-likeness (QED) is 0.0658. The Morgan fingerprint density at radius 3 is 0.717 bits per heavy atom. The third-order valence-electron chi connectivity index (χ3n) is 8.87. The number of rotatable bonds is 17. The van der Waals surface area contributed by atoms with E-state index in [9.17, 15) is 28.8 Å². The Hall–Kier alpha value is -7.86. The van der Waals surface area contributed by atoms with E-state index in [2.05, 4.69) is 0 Å². The molecule has 4 atom stereocenters. The van der Waals surface area contributed by atoms with Gasteiger partial charge in [-0.1, -0.05) is 109 Å². The van der Waals surface area contributed by atoms with Gasteiger partial charge < -0.3 is 28.4 Å². The van der Waals surface area contributed by atoms with E-state index in [1.165, 1.54) is 72.8 Å². The maximum Gasteiger partial charge on any atom is 0.338 e. The molecule has 0 aromatic heterocycles. The van der Waals surface area contributed by atoms with Crippen LogP contribution in [0.5, 0.6) is 0 Å². The fourth-order valence-corrected chi connectivity index (χ4v) is 5.82. The molecule has 0 amide bonds. The molecular weight excluding hydrogens is 769 g/mol. The number of carbonyl (C=O) groups is 6. The Morgan fingerprint density at radius 2 is 0.483 bits per heavy atom. The normalized spacial score (nSPS) is 12.6. The zero-order valence-corrected chi connectivity index (χ0v) is 31.9. The van der Waals surface area contributed by atoms with Gasteiger partial charge in [-0.2, -0.15) is 0 Å². The molecule has 0 saturated heterocycles. The molecule has 0 heterocycles. The van der Waals surface area contributed by atoms with Crippen LogP contribution in [0.3, 0.4) is 0 Å². The first-order chi connectivity index (χ1) is 29.3. The SMILES string of the molecule is O=C(OC[C@H](OC(=O)c1ccccc1)[C@@H](OC(=O)c1ccccc1)[C@@H](OC(=O)c1ccccc1)[C@@H](COC(=O)c1ccccc1)OC(=O)c1ccccc1)c1ccccc1. The van der Waals surface area contributed by atoms with Crippen molar-refractivity contribution in [2.75, 3.05) is 13.2 Å². The van der Waals surface area contributed by atoms with Crippen molar-refractivity contribution in [3.05, 3.63) is 215 Å². The molecule has 0 N–H and O–H groups in total. The molecule has 0 unspecified atom stereocenters. The Balaban J connectivity index is 1.48. The van der Waals surface area contributed by atoms with Gasteiger partial charge in [-0.05, 0) is 72.8 Å². The summed E-state index contributed by atoms with van der Waals surface area (Å²) in [5.74, 6) is -5.48. The number of benzene rings is 6. The Labute approximate surface area is 345 Å². The summed E-state index contributed by atoms with van der Waals surface area (Å²) in [7, 11) is 0. The third-order valence-corrected chi connectivity index (χ3v) is 8.87. The Bertz CT molecular complexity index is 2170. The highest BCUT2D eigenvalue weighted by Crippen LogP contribution is 2.25. The summed E-state index contributed by atoms with van der Waals surface area (Å²) < 4.78 is 35.6. The molecule has 0 aliphatic rings. The molecule has 0 radical (unpaired) electrons. The van der Waals surface area contributed by atoms with E-state index in [-0.39, 0.29) is 33.4 Å². The van der Waals surface area contributed by atoms with Crippen LogP contribution >= 0.6 is 0 Å². The molecule has 6 rings (SSSR count). The van der Waals surface area contributed by atoms with E-state index in [1.54, 1.807) is 109 Å². The van der Waals surface area contributed by atoms with E-state index in [1.807, 2.05) is 0 Å². The van der Waals surface area contributed by atoms with Gasteiger partial charge in [0.2, 0.25) is 0 Å². The predicted octanol–water partition coefficient (Wildman–Crippen LogP) is 7.60. The number of ether oxygens (including phenoxy) is 6.